The van der Waals surface area contributed by atoms with Gasteiger partial charge in [0, 0.05) is 24.3 Å². The second-order valence-corrected chi connectivity index (χ2v) is 8.37. The molecule has 1 amide bonds. The molecule has 11 heteroatoms. The first-order valence-electron chi connectivity index (χ1n) is 10.7. The average Bonchev–Trinajstić information content (AvgIpc) is 3.27. The first-order chi connectivity index (χ1) is 16.6. The molecule has 3 rings (SSSR count). The summed E-state index contributed by atoms with van der Waals surface area (Å²) in [5.74, 6) is -0.415. The van der Waals surface area contributed by atoms with Crippen LogP contribution in [0.2, 0.25) is 0 Å². The summed E-state index contributed by atoms with van der Waals surface area (Å²) in [6, 6.07) is 14.6. The maximum atomic E-state index is 12.1. The van der Waals surface area contributed by atoms with Crippen molar-refractivity contribution >= 4 is 24.0 Å². The molecule has 0 saturated carbocycles. The van der Waals surface area contributed by atoms with E-state index in [1.54, 1.807) is 32.9 Å². The van der Waals surface area contributed by atoms with Crippen LogP contribution in [-0.4, -0.2) is 42.2 Å². The molecule has 0 aliphatic heterocycles. The third kappa shape index (κ3) is 7.84. The van der Waals surface area contributed by atoms with Gasteiger partial charge < -0.3 is 24.6 Å². The number of carbonyl (C=O) groups is 2. The van der Waals surface area contributed by atoms with Gasteiger partial charge in [-0.3, -0.25) is 4.52 Å². The quantitative estimate of drug-likeness (QED) is 0.233. The number of carbonyl (C=O) groups excluding carboxylic acids is 2. The summed E-state index contributed by atoms with van der Waals surface area (Å²) in [6.45, 7) is 5.15. The Bertz CT molecular complexity index is 1170. The zero-order chi connectivity index (χ0) is 25.4. The standard InChI is InChI=1S/C24H26N4O7/c1-24(2,3)34-23(31)25-19(21(29)32-4)14-16-10-12-18(13-11-16)33-22(30)26-20-15-28(27-35-20)17-8-6-5-7-9-17/h5-13,15,19H,14H2,1-4H3,(H-,25,26,27,30,31)/t19-/m0/s1. The van der Waals surface area contributed by atoms with Crippen molar-refractivity contribution in [1.82, 2.24) is 10.6 Å². The molecule has 35 heavy (non-hydrogen) atoms. The lowest BCUT2D eigenvalue weighted by molar-refractivity contribution is -0.670. The molecule has 2 aromatic carbocycles. The normalized spacial score (nSPS) is 12.5. The summed E-state index contributed by atoms with van der Waals surface area (Å²) in [5.41, 5.74) is 0.717. The van der Waals surface area contributed by atoms with Gasteiger partial charge in [-0.1, -0.05) is 30.3 Å². The van der Waals surface area contributed by atoms with Crippen LogP contribution in [0.15, 0.2) is 70.3 Å². The van der Waals surface area contributed by atoms with E-state index in [0.717, 1.165) is 5.69 Å². The monoisotopic (exact) mass is 482 g/mol. The molecule has 1 N–H and O–H groups in total. The smallest absolute Gasteiger partial charge is 0.408 e. The molecule has 0 bridgehead atoms. The predicted octanol–water partition coefficient (Wildman–Crippen LogP) is 1.99. The van der Waals surface area contributed by atoms with Gasteiger partial charge in [-0.25, -0.2) is 9.59 Å². The third-order valence-electron chi connectivity index (χ3n) is 4.42. The molecule has 1 aromatic heterocycles. The Kier molecular flexibility index (Phi) is 8.03. The number of amides is 1. The van der Waals surface area contributed by atoms with Crippen LogP contribution in [0.5, 0.6) is 5.75 Å². The summed E-state index contributed by atoms with van der Waals surface area (Å²) in [7, 11) is 1.23. The topological polar surface area (TPSA) is 139 Å². The van der Waals surface area contributed by atoms with Crippen LogP contribution >= 0.6 is 0 Å². The summed E-state index contributed by atoms with van der Waals surface area (Å²) in [6.07, 6.45) is -0.0407. The van der Waals surface area contributed by atoms with Gasteiger partial charge in [0.15, 0.2) is 6.08 Å². The number of benzene rings is 2. The van der Waals surface area contributed by atoms with E-state index in [1.807, 2.05) is 30.3 Å². The Hall–Kier alpha value is -4.41. The fraction of sp³-hybridized carbons (Fsp3) is 0.292. The van der Waals surface area contributed by atoms with Crippen molar-refractivity contribution in [3.63, 3.8) is 0 Å². The Balaban J connectivity index is 1.61. The Morgan fingerprint density at radius 1 is 1.14 bits per heavy atom. The van der Waals surface area contributed by atoms with Gasteiger partial charge in [0.2, 0.25) is 11.0 Å². The van der Waals surface area contributed by atoms with E-state index in [2.05, 4.69) is 15.6 Å². The van der Waals surface area contributed by atoms with Crippen molar-refractivity contribution in [3.8, 4) is 11.4 Å². The van der Waals surface area contributed by atoms with Gasteiger partial charge in [-0.2, -0.15) is 4.99 Å². The molecular formula is C24H26N4O7. The molecule has 0 saturated heterocycles. The average molecular weight is 482 g/mol. The molecular weight excluding hydrogens is 456 g/mol. The van der Waals surface area contributed by atoms with Crippen molar-refractivity contribution in [2.45, 2.75) is 38.8 Å². The lowest BCUT2D eigenvalue weighted by atomic mass is 10.1. The number of alkyl carbamates (subject to hydrolysis) is 1. The van der Waals surface area contributed by atoms with E-state index >= 15 is 0 Å². The van der Waals surface area contributed by atoms with Crippen LogP contribution in [0.1, 0.15) is 26.3 Å². The van der Waals surface area contributed by atoms with Crippen LogP contribution in [-0.2, 0) is 20.7 Å². The fourth-order valence-corrected chi connectivity index (χ4v) is 2.92. The molecule has 0 radical (unpaired) electrons. The number of rotatable bonds is 7. The van der Waals surface area contributed by atoms with E-state index in [-0.39, 0.29) is 18.1 Å². The van der Waals surface area contributed by atoms with Crippen LogP contribution in [0, 0.1) is 0 Å². The molecule has 184 valence electrons. The van der Waals surface area contributed by atoms with Gasteiger partial charge in [0.05, 0.1) is 7.11 Å². The van der Waals surface area contributed by atoms with Gasteiger partial charge in [0.1, 0.15) is 11.6 Å². The van der Waals surface area contributed by atoms with Crippen molar-refractivity contribution in [3.05, 3.63) is 66.4 Å². The molecule has 0 aliphatic carbocycles. The largest absolute Gasteiger partial charge is 0.566 e. The summed E-state index contributed by atoms with van der Waals surface area (Å²) in [5, 5.41) is 18.5. The first-order valence-corrected chi connectivity index (χ1v) is 10.7. The molecule has 11 nitrogen and oxygen atoms in total. The second kappa shape index (κ2) is 11.1. The number of methoxy groups -OCH3 is 1. The first kappa shape index (κ1) is 25.2. The SMILES string of the molecule is COC(=O)[C@H](Cc1ccc(O/C([O-])=N/c2c[n+](-c3ccccc3)no2)cc1)NC(=O)OC(C)(C)C. The number of aliphatic imine (C=N–C) groups is 1. The minimum atomic E-state index is -0.957. The van der Waals surface area contributed by atoms with Gasteiger partial charge in [-0.05, 0) is 43.1 Å². The Morgan fingerprint density at radius 2 is 1.83 bits per heavy atom. The van der Waals surface area contributed by atoms with Crippen molar-refractivity contribution in [2.24, 2.45) is 4.99 Å². The minimum absolute atomic E-state index is 0.0235. The van der Waals surface area contributed by atoms with Gasteiger partial charge in [0.25, 0.3) is 6.20 Å². The third-order valence-corrected chi connectivity index (χ3v) is 4.42. The highest BCUT2D eigenvalue weighted by molar-refractivity contribution is 5.81. The highest BCUT2D eigenvalue weighted by Crippen LogP contribution is 2.16. The summed E-state index contributed by atoms with van der Waals surface area (Å²) in [4.78, 5) is 27.9. The van der Waals surface area contributed by atoms with Gasteiger partial charge >= 0.3 is 17.9 Å². The van der Waals surface area contributed by atoms with E-state index in [0.29, 0.717) is 5.56 Å². The number of nitrogens with zero attached hydrogens (tertiary/aromatic N) is 3. The van der Waals surface area contributed by atoms with Crippen LogP contribution in [0.25, 0.3) is 5.69 Å². The van der Waals surface area contributed by atoms with Crippen molar-refractivity contribution < 1.29 is 38.1 Å². The summed E-state index contributed by atoms with van der Waals surface area (Å²) < 4.78 is 21.6. The predicted molar refractivity (Wildman–Crippen MR) is 121 cm³/mol. The minimum Gasteiger partial charge on any atom is -0.566 e. The van der Waals surface area contributed by atoms with E-state index < -0.39 is 29.8 Å². The zero-order valence-electron chi connectivity index (χ0n) is 19.8. The number of hydrogen-bond donors (Lipinski definition) is 1. The van der Waals surface area contributed by atoms with Crippen LogP contribution < -0.4 is 19.8 Å². The number of ether oxygens (including phenoxy) is 3. The summed E-state index contributed by atoms with van der Waals surface area (Å²) >= 11 is 0. The number of esters is 1. The maximum Gasteiger partial charge on any atom is 0.408 e. The molecule has 0 fully saturated rings. The van der Waals surface area contributed by atoms with E-state index in [1.165, 1.54) is 30.1 Å². The molecule has 1 heterocycles. The number of nitrogens with one attached hydrogen (secondary N) is 1. The van der Waals surface area contributed by atoms with Crippen LogP contribution in [0.3, 0.4) is 0 Å². The van der Waals surface area contributed by atoms with Crippen molar-refractivity contribution in [1.29, 1.82) is 0 Å². The number of para-hydroxylation sites is 1. The number of aromatic nitrogens is 2. The number of hydrogen-bond acceptors (Lipinski definition) is 9. The van der Waals surface area contributed by atoms with Gasteiger partial charge in [-0.15, -0.1) is 0 Å². The Morgan fingerprint density at radius 3 is 2.46 bits per heavy atom. The molecule has 1 atom stereocenters. The van der Waals surface area contributed by atoms with E-state index in [9.17, 15) is 14.7 Å². The highest BCUT2D eigenvalue weighted by Gasteiger charge is 2.25. The van der Waals surface area contributed by atoms with E-state index in [4.69, 9.17) is 18.7 Å². The lowest BCUT2D eigenvalue weighted by Crippen LogP contribution is -2.45. The molecule has 0 aliphatic rings. The molecule has 0 spiro atoms. The lowest BCUT2D eigenvalue weighted by Gasteiger charge is -2.22. The molecule has 3 aromatic rings. The zero-order valence-corrected chi connectivity index (χ0v) is 19.8. The second-order valence-electron chi connectivity index (χ2n) is 8.37. The Labute approximate surface area is 201 Å². The molecule has 0 unspecified atom stereocenters. The highest BCUT2D eigenvalue weighted by atomic mass is 16.6. The van der Waals surface area contributed by atoms with Crippen LogP contribution in [0.4, 0.5) is 10.7 Å². The van der Waals surface area contributed by atoms with Crippen molar-refractivity contribution in [2.75, 3.05) is 7.11 Å². The maximum absolute atomic E-state index is 12.1. The fourth-order valence-electron chi connectivity index (χ4n) is 2.92.